The first-order valence-electron chi connectivity index (χ1n) is 22.8. The molecule has 67 heavy (non-hydrogen) atoms. The third kappa shape index (κ3) is 8.34. The Kier molecular flexibility index (Phi) is 11.6. The van der Waals surface area contributed by atoms with E-state index in [0.29, 0.717) is 5.56 Å². The number of nitriles is 1. The van der Waals surface area contributed by atoms with Gasteiger partial charge in [0.25, 0.3) is 0 Å². The molecule has 0 N–H and O–H groups in total. The average molecular weight is 1050 g/mol. The predicted octanol–water partition coefficient (Wildman–Crippen LogP) is 15.6. The SMILES string of the molecule is CC(C)(C)c1cc(-c2cc(-c3ccccc3)c(C#N)cn2)[c-]c(-c2cccc3c2nc(-c2cc(C(C)(C)C)cc4c2[n-]c2ccc(C(C)(C)C)cc24)n3-c2ccccc2-c2ccccc2)c1.[Pt+2]. The molecule has 3 heterocycles. The van der Waals surface area contributed by atoms with Crippen molar-refractivity contribution >= 4 is 32.8 Å². The first kappa shape index (κ1) is 45.3. The molecule has 0 aliphatic heterocycles. The number of nitrogens with zero attached hydrogens (tertiary/aromatic N) is 5. The van der Waals surface area contributed by atoms with Crippen molar-refractivity contribution in [3.63, 3.8) is 0 Å². The maximum atomic E-state index is 10.1. The second kappa shape index (κ2) is 17.1. The molecule has 5 nitrogen and oxygen atoms in total. The van der Waals surface area contributed by atoms with E-state index in [2.05, 4.69) is 194 Å². The van der Waals surface area contributed by atoms with Gasteiger partial charge in [-0.1, -0.05) is 195 Å². The molecule has 0 aliphatic carbocycles. The second-order valence-electron chi connectivity index (χ2n) is 20.6. The van der Waals surface area contributed by atoms with Gasteiger partial charge in [-0.25, -0.2) is 4.98 Å². The summed E-state index contributed by atoms with van der Waals surface area (Å²) in [4.78, 5) is 16.1. The maximum absolute atomic E-state index is 10.1. The zero-order valence-corrected chi connectivity index (χ0v) is 41.8. The Morgan fingerprint density at radius 1 is 0.552 bits per heavy atom. The molecule has 0 bridgehead atoms. The Hall–Kier alpha value is -6.86. The fourth-order valence-electron chi connectivity index (χ4n) is 9.11. The number of para-hydroxylation sites is 2. The molecule has 0 atom stereocenters. The van der Waals surface area contributed by atoms with Crippen LogP contribution in [0, 0.1) is 17.4 Å². The number of benzene rings is 7. The van der Waals surface area contributed by atoms with E-state index in [9.17, 15) is 5.26 Å². The predicted molar refractivity (Wildman–Crippen MR) is 274 cm³/mol. The van der Waals surface area contributed by atoms with Gasteiger partial charge in [-0.15, -0.1) is 40.4 Å². The standard InChI is InChI=1S/C61H53N5.Pt/c1-59(2,3)43-27-28-52-49(32-43)50-33-45(61(7,8)9)34-51(56(50)64-52)58-65-57-47(24-18-26-55(57)66(58)54-25-17-16-23-46(54)38-19-12-10-13-20-38)40-29-41(31-44(30-40)60(4,5)6)53-35-48(42(36-62)37-63-53)39-21-14-11-15-22-39;/h10-28,30-35,37H,1-9H3;/q-2;+2. The van der Waals surface area contributed by atoms with Crippen LogP contribution >= 0.6 is 0 Å². The van der Waals surface area contributed by atoms with E-state index in [1.54, 1.807) is 6.20 Å². The number of aromatic nitrogens is 4. The van der Waals surface area contributed by atoms with Gasteiger partial charge in [0.15, 0.2) is 0 Å². The van der Waals surface area contributed by atoms with Crippen LogP contribution in [0.5, 0.6) is 0 Å². The largest absolute Gasteiger partial charge is 2.00 e. The topological polar surface area (TPSA) is 68.6 Å². The summed E-state index contributed by atoms with van der Waals surface area (Å²) in [7, 11) is 0. The van der Waals surface area contributed by atoms with Gasteiger partial charge in [-0.2, -0.15) is 5.26 Å². The normalized spacial score (nSPS) is 12.1. The summed E-state index contributed by atoms with van der Waals surface area (Å²) in [6, 6.07) is 59.9. The van der Waals surface area contributed by atoms with Gasteiger partial charge >= 0.3 is 21.1 Å². The molecule has 0 aliphatic rings. The average Bonchev–Trinajstić information content (AvgIpc) is 3.89. The number of hydrogen-bond acceptors (Lipinski definition) is 3. The quantitative estimate of drug-likeness (QED) is 0.156. The molecule has 0 unspecified atom stereocenters. The van der Waals surface area contributed by atoms with Crippen LogP contribution in [0.4, 0.5) is 0 Å². The van der Waals surface area contributed by atoms with Crippen molar-refractivity contribution in [2.75, 3.05) is 0 Å². The van der Waals surface area contributed by atoms with Gasteiger partial charge in [-0.05, 0) is 73.0 Å². The molecule has 0 saturated heterocycles. The minimum atomic E-state index is -0.197. The summed E-state index contributed by atoms with van der Waals surface area (Å²) in [6.45, 7) is 20.4. The molecule has 0 fully saturated rings. The van der Waals surface area contributed by atoms with Crippen LogP contribution in [0.2, 0.25) is 0 Å². The Balaban J connectivity index is 0.00000562. The minimum absolute atomic E-state index is 0. The number of imidazole rings is 1. The van der Waals surface area contributed by atoms with Gasteiger partial charge in [0.2, 0.25) is 0 Å². The molecule has 10 rings (SSSR count). The Morgan fingerprint density at radius 2 is 1.15 bits per heavy atom. The van der Waals surface area contributed by atoms with Crippen molar-refractivity contribution in [1.82, 2.24) is 19.5 Å². The first-order valence-corrected chi connectivity index (χ1v) is 22.8. The number of hydrogen-bond donors (Lipinski definition) is 0. The molecule has 3 aromatic heterocycles. The second-order valence-corrected chi connectivity index (χ2v) is 20.6. The molecular formula is C61H53N5Pt. The van der Waals surface area contributed by atoms with Gasteiger partial charge in [-0.3, -0.25) is 9.55 Å². The molecule has 6 heteroatoms. The van der Waals surface area contributed by atoms with Crippen LogP contribution in [0.3, 0.4) is 0 Å². The van der Waals surface area contributed by atoms with Gasteiger partial charge < -0.3 is 4.98 Å². The summed E-state index contributed by atoms with van der Waals surface area (Å²) in [5, 5.41) is 12.4. The van der Waals surface area contributed by atoms with Crippen LogP contribution < -0.4 is 4.98 Å². The van der Waals surface area contributed by atoms with Crippen LogP contribution in [0.1, 0.15) is 84.6 Å². The van der Waals surface area contributed by atoms with Crippen molar-refractivity contribution in [2.45, 2.75) is 78.6 Å². The van der Waals surface area contributed by atoms with Gasteiger partial charge in [0, 0.05) is 23.0 Å². The van der Waals surface area contributed by atoms with E-state index < -0.39 is 0 Å². The Labute approximate surface area is 408 Å². The van der Waals surface area contributed by atoms with Crippen LogP contribution in [-0.2, 0) is 37.3 Å². The van der Waals surface area contributed by atoms with Crippen molar-refractivity contribution < 1.29 is 21.1 Å². The van der Waals surface area contributed by atoms with E-state index in [1.807, 2.05) is 36.4 Å². The molecule has 7 aromatic carbocycles. The fraction of sp³-hybridized carbons (Fsp3) is 0.197. The van der Waals surface area contributed by atoms with Crippen molar-refractivity contribution in [3.05, 3.63) is 186 Å². The summed E-state index contributed by atoms with van der Waals surface area (Å²) in [6.07, 6.45) is 1.69. The van der Waals surface area contributed by atoms with E-state index in [0.717, 1.165) is 100 Å². The third-order valence-electron chi connectivity index (χ3n) is 12.9. The Bertz CT molecular complexity index is 3530. The summed E-state index contributed by atoms with van der Waals surface area (Å²) in [5.41, 5.74) is 17.1. The number of fused-ring (bicyclic) bond motifs is 4. The minimum Gasteiger partial charge on any atom is -0.656 e. The van der Waals surface area contributed by atoms with E-state index in [-0.39, 0.29) is 37.3 Å². The molecule has 332 valence electrons. The summed E-state index contributed by atoms with van der Waals surface area (Å²) in [5.74, 6) is 0.823. The molecule has 0 amide bonds. The van der Waals surface area contributed by atoms with Crippen LogP contribution in [0.15, 0.2) is 158 Å². The third-order valence-corrected chi connectivity index (χ3v) is 12.9. The van der Waals surface area contributed by atoms with E-state index >= 15 is 0 Å². The molecule has 10 aromatic rings. The monoisotopic (exact) mass is 1050 g/mol. The molecular weight excluding hydrogens is 998 g/mol. The number of rotatable bonds is 6. The zero-order chi connectivity index (χ0) is 46.1. The van der Waals surface area contributed by atoms with Crippen LogP contribution in [0.25, 0.3) is 94.6 Å². The Morgan fingerprint density at radius 3 is 1.82 bits per heavy atom. The first-order chi connectivity index (χ1) is 31.6. The smallest absolute Gasteiger partial charge is 0.656 e. The maximum Gasteiger partial charge on any atom is 2.00 e. The molecule has 0 saturated carbocycles. The van der Waals surface area contributed by atoms with E-state index in [4.69, 9.17) is 15.0 Å². The summed E-state index contributed by atoms with van der Waals surface area (Å²) < 4.78 is 2.35. The van der Waals surface area contributed by atoms with E-state index in [1.165, 1.54) is 11.1 Å². The molecule has 0 radical (unpaired) electrons. The van der Waals surface area contributed by atoms with Crippen molar-refractivity contribution in [3.8, 4) is 67.8 Å². The number of pyridine rings is 1. The zero-order valence-electron chi connectivity index (χ0n) is 39.6. The van der Waals surface area contributed by atoms with Gasteiger partial charge in [0.05, 0.1) is 22.3 Å². The van der Waals surface area contributed by atoms with Crippen molar-refractivity contribution in [1.29, 1.82) is 5.26 Å². The summed E-state index contributed by atoms with van der Waals surface area (Å²) >= 11 is 0. The van der Waals surface area contributed by atoms with Gasteiger partial charge in [0.1, 0.15) is 11.9 Å². The van der Waals surface area contributed by atoms with Crippen molar-refractivity contribution in [2.24, 2.45) is 0 Å². The molecule has 0 spiro atoms. The fourth-order valence-corrected chi connectivity index (χ4v) is 9.11. The van der Waals surface area contributed by atoms with Crippen LogP contribution in [-0.4, -0.2) is 14.5 Å².